The SMILES string of the molecule is CC1(C)CNC(CC#N)C(=O)N1c1ccc(Br)cc1. The van der Waals surface area contributed by atoms with Crippen molar-refractivity contribution >= 4 is 27.5 Å². The van der Waals surface area contributed by atoms with Gasteiger partial charge in [-0.15, -0.1) is 0 Å². The van der Waals surface area contributed by atoms with Gasteiger partial charge >= 0.3 is 0 Å². The Kier molecular flexibility index (Phi) is 3.93. The summed E-state index contributed by atoms with van der Waals surface area (Å²) in [5.74, 6) is -0.0416. The van der Waals surface area contributed by atoms with Gasteiger partial charge in [0.1, 0.15) is 6.04 Å². The third-order valence-electron chi connectivity index (χ3n) is 3.29. The fourth-order valence-electron chi connectivity index (χ4n) is 2.31. The molecule has 0 aliphatic carbocycles. The van der Waals surface area contributed by atoms with Crippen molar-refractivity contribution in [3.05, 3.63) is 28.7 Å². The molecule has 0 radical (unpaired) electrons. The van der Waals surface area contributed by atoms with Gasteiger partial charge in [-0.1, -0.05) is 15.9 Å². The smallest absolute Gasteiger partial charge is 0.245 e. The van der Waals surface area contributed by atoms with Gasteiger partial charge in [-0.3, -0.25) is 4.79 Å². The van der Waals surface area contributed by atoms with Crippen molar-refractivity contribution in [3.63, 3.8) is 0 Å². The molecule has 1 saturated heterocycles. The third kappa shape index (κ3) is 2.80. The second-order valence-corrected chi connectivity index (χ2v) is 6.17. The number of hydrogen-bond donors (Lipinski definition) is 1. The number of rotatable bonds is 2. The first-order valence-corrected chi connectivity index (χ1v) is 6.95. The highest BCUT2D eigenvalue weighted by molar-refractivity contribution is 9.10. The van der Waals surface area contributed by atoms with Gasteiger partial charge in [0, 0.05) is 16.7 Å². The number of carbonyl (C=O) groups excluding carboxylic acids is 1. The molecule has 100 valence electrons. The number of nitrogens with one attached hydrogen (secondary N) is 1. The highest BCUT2D eigenvalue weighted by atomic mass is 79.9. The van der Waals surface area contributed by atoms with Crippen molar-refractivity contribution in [2.75, 3.05) is 11.4 Å². The maximum absolute atomic E-state index is 12.5. The van der Waals surface area contributed by atoms with Crippen molar-refractivity contribution in [2.24, 2.45) is 0 Å². The summed E-state index contributed by atoms with van der Waals surface area (Å²) in [5.41, 5.74) is 0.555. The Morgan fingerprint density at radius 3 is 2.68 bits per heavy atom. The van der Waals surface area contributed by atoms with E-state index in [0.29, 0.717) is 6.54 Å². The number of halogens is 1. The normalized spacial score (nSPS) is 22.1. The van der Waals surface area contributed by atoms with Gasteiger partial charge in [-0.2, -0.15) is 5.26 Å². The number of carbonyl (C=O) groups is 1. The zero-order valence-electron chi connectivity index (χ0n) is 11.0. The van der Waals surface area contributed by atoms with E-state index in [0.717, 1.165) is 10.2 Å². The first-order valence-electron chi connectivity index (χ1n) is 6.16. The van der Waals surface area contributed by atoms with E-state index < -0.39 is 6.04 Å². The van der Waals surface area contributed by atoms with E-state index >= 15 is 0 Å². The zero-order valence-corrected chi connectivity index (χ0v) is 12.6. The minimum Gasteiger partial charge on any atom is -0.304 e. The van der Waals surface area contributed by atoms with Crippen molar-refractivity contribution < 1.29 is 4.79 Å². The highest BCUT2D eigenvalue weighted by Gasteiger charge is 2.40. The summed E-state index contributed by atoms with van der Waals surface area (Å²) in [5, 5.41) is 11.9. The monoisotopic (exact) mass is 321 g/mol. The van der Waals surface area contributed by atoms with E-state index in [1.807, 2.05) is 38.1 Å². The van der Waals surface area contributed by atoms with E-state index in [4.69, 9.17) is 5.26 Å². The molecule has 1 heterocycles. The quantitative estimate of drug-likeness (QED) is 0.910. The molecular weight excluding hydrogens is 306 g/mol. The summed E-state index contributed by atoms with van der Waals surface area (Å²) < 4.78 is 0.977. The van der Waals surface area contributed by atoms with Crippen LogP contribution < -0.4 is 10.2 Å². The lowest BCUT2D eigenvalue weighted by Gasteiger charge is -2.45. The summed E-state index contributed by atoms with van der Waals surface area (Å²) in [7, 11) is 0. The van der Waals surface area contributed by atoms with Crippen molar-refractivity contribution in [1.29, 1.82) is 5.26 Å². The minimum atomic E-state index is -0.415. The summed E-state index contributed by atoms with van der Waals surface area (Å²) in [6, 6.07) is 9.31. The Hall–Kier alpha value is -1.38. The second-order valence-electron chi connectivity index (χ2n) is 5.26. The molecule has 1 amide bonds. The first kappa shape index (κ1) is 14.0. The largest absolute Gasteiger partial charge is 0.304 e. The standard InChI is InChI=1S/C14H16BrN3O/c1-14(2)9-17-12(7-8-16)13(19)18(14)11-5-3-10(15)4-6-11/h3-6,12,17H,7,9H2,1-2H3. The average Bonchev–Trinajstić information content (AvgIpc) is 2.35. The van der Waals surface area contributed by atoms with E-state index in [9.17, 15) is 4.79 Å². The summed E-state index contributed by atoms with van der Waals surface area (Å²) in [4.78, 5) is 14.3. The fraction of sp³-hybridized carbons (Fsp3) is 0.429. The van der Waals surface area contributed by atoms with Gasteiger partial charge in [0.05, 0.1) is 18.0 Å². The molecule has 0 aromatic heterocycles. The van der Waals surface area contributed by atoms with Crippen molar-refractivity contribution in [3.8, 4) is 6.07 Å². The molecule has 1 atom stereocenters. The van der Waals surface area contributed by atoms with Crippen molar-refractivity contribution in [2.45, 2.75) is 31.8 Å². The molecule has 5 heteroatoms. The number of anilines is 1. The second kappa shape index (κ2) is 5.32. The van der Waals surface area contributed by atoms with Crippen LogP contribution in [0.5, 0.6) is 0 Å². The lowest BCUT2D eigenvalue weighted by atomic mass is 9.95. The van der Waals surface area contributed by atoms with Gasteiger partial charge in [0.25, 0.3) is 0 Å². The van der Waals surface area contributed by atoms with Gasteiger partial charge in [-0.05, 0) is 38.1 Å². The Labute approximate surface area is 121 Å². The Morgan fingerprint density at radius 1 is 1.47 bits per heavy atom. The van der Waals surface area contributed by atoms with Crippen LogP contribution in [0.1, 0.15) is 20.3 Å². The number of nitrogens with zero attached hydrogens (tertiary/aromatic N) is 2. The minimum absolute atomic E-state index is 0.0416. The van der Waals surface area contributed by atoms with Gasteiger partial charge in [0.2, 0.25) is 5.91 Å². The summed E-state index contributed by atoms with van der Waals surface area (Å²) >= 11 is 3.39. The molecule has 19 heavy (non-hydrogen) atoms. The van der Waals surface area contributed by atoms with E-state index in [1.165, 1.54) is 0 Å². The van der Waals surface area contributed by atoms with Crippen LogP contribution in [-0.2, 0) is 4.79 Å². The molecule has 1 unspecified atom stereocenters. The van der Waals surface area contributed by atoms with E-state index in [2.05, 4.69) is 27.3 Å². The Bertz CT molecular complexity index is 518. The van der Waals surface area contributed by atoms with Gasteiger partial charge < -0.3 is 10.2 Å². The number of nitriles is 1. The molecule has 0 bridgehead atoms. The Morgan fingerprint density at radius 2 is 2.11 bits per heavy atom. The van der Waals surface area contributed by atoms with E-state index in [-0.39, 0.29) is 17.9 Å². The molecule has 1 aliphatic heterocycles. The first-order chi connectivity index (χ1) is 8.95. The fourth-order valence-corrected chi connectivity index (χ4v) is 2.58. The maximum Gasteiger partial charge on any atom is 0.245 e. The molecule has 0 spiro atoms. The van der Waals surface area contributed by atoms with Gasteiger partial charge in [0.15, 0.2) is 0 Å². The molecule has 1 aromatic rings. The van der Waals surface area contributed by atoms with Crippen LogP contribution in [0.2, 0.25) is 0 Å². The number of piperazine rings is 1. The predicted molar refractivity (Wildman–Crippen MR) is 77.7 cm³/mol. The molecule has 1 aromatic carbocycles. The number of amides is 1. The van der Waals surface area contributed by atoms with Gasteiger partial charge in [-0.25, -0.2) is 0 Å². The van der Waals surface area contributed by atoms with Crippen LogP contribution in [0, 0.1) is 11.3 Å². The van der Waals surface area contributed by atoms with E-state index in [1.54, 1.807) is 4.90 Å². The maximum atomic E-state index is 12.5. The van der Waals surface area contributed by atoms with Crippen LogP contribution in [0.25, 0.3) is 0 Å². The molecule has 2 rings (SSSR count). The topological polar surface area (TPSA) is 56.1 Å². The number of benzene rings is 1. The van der Waals surface area contributed by atoms with Crippen LogP contribution in [0.15, 0.2) is 28.7 Å². The third-order valence-corrected chi connectivity index (χ3v) is 3.81. The van der Waals surface area contributed by atoms with Crippen LogP contribution in [0.3, 0.4) is 0 Å². The molecule has 4 nitrogen and oxygen atoms in total. The van der Waals surface area contributed by atoms with Crippen molar-refractivity contribution in [1.82, 2.24) is 5.32 Å². The van der Waals surface area contributed by atoms with Crippen LogP contribution >= 0.6 is 15.9 Å². The lowest BCUT2D eigenvalue weighted by Crippen LogP contribution is -2.65. The Balaban J connectivity index is 2.35. The lowest BCUT2D eigenvalue weighted by molar-refractivity contribution is -0.123. The predicted octanol–water partition coefficient (Wildman–Crippen LogP) is 2.45. The molecule has 1 fully saturated rings. The molecular formula is C14H16BrN3O. The average molecular weight is 322 g/mol. The zero-order chi connectivity index (χ0) is 14.0. The molecule has 0 saturated carbocycles. The summed E-state index contributed by atoms with van der Waals surface area (Å²) in [6.45, 7) is 4.70. The summed E-state index contributed by atoms with van der Waals surface area (Å²) in [6.07, 6.45) is 0.196. The van der Waals surface area contributed by atoms with Crippen LogP contribution in [0.4, 0.5) is 5.69 Å². The van der Waals surface area contributed by atoms with Crippen LogP contribution in [-0.4, -0.2) is 24.0 Å². The molecule has 1 N–H and O–H groups in total. The number of hydrogen-bond acceptors (Lipinski definition) is 3. The highest BCUT2D eigenvalue weighted by Crippen LogP contribution is 2.29. The molecule has 1 aliphatic rings.